The molecule has 0 radical (unpaired) electrons. The summed E-state index contributed by atoms with van der Waals surface area (Å²) in [5, 5.41) is 12.3. The first-order chi connectivity index (χ1) is 11.0. The lowest BCUT2D eigenvalue weighted by Gasteiger charge is -2.39. The van der Waals surface area contributed by atoms with E-state index in [4.69, 9.17) is 0 Å². The van der Waals surface area contributed by atoms with E-state index in [-0.39, 0.29) is 0 Å². The molecular formula is C17H27F2N3O. The molecule has 1 aromatic rings. The summed E-state index contributed by atoms with van der Waals surface area (Å²) in [6, 6.07) is 6.24. The van der Waals surface area contributed by atoms with Gasteiger partial charge in [0, 0.05) is 45.0 Å². The van der Waals surface area contributed by atoms with Gasteiger partial charge in [-0.2, -0.15) is 0 Å². The van der Waals surface area contributed by atoms with Gasteiger partial charge in [0.1, 0.15) is 12.6 Å². The molecule has 1 aromatic carbocycles. The molecule has 23 heavy (non-hydrogen) atoms. The van der Waals surface area contributed by atoms with Crippen molar-refractivity contribution in [2.75, 3.05) is 50.8 Å². The molecule has 0 aromatic heterocycles. The minimum Gasteiger partial charge on any atom is -0.390 e. The fourth-order valence-electron chi connectivity index (χ4n) is 3.20. The summed E-state index contributed by atoms with van der Waals surface area (Å²) in [7, 11) is 0. The van der Waals surface area contributed by atoms with Crippen LogP contribution in [0.25, 0.3) is 0 Å². The highest BCUT2D eigenvalue weighted by Crippen LogP contribution is 2.37. The van der Waals surface area contributed by atoms with Gasteiger partial charge in [-0.3, -0.25) is 4.90 Å². The van der Waals surface area contributed by atoms with Gasteiger partial charge < -0.3 is 15.3 Å². The van der Waals surface area contributed by atoms with Crippen molar-refractivity contribution in [3.8, 4) is 0 Å². The molecule has 4 nitrogen and oxygen atoms in total. The fraction of sp³-hybridized carbons (Fsp3) is 0.647. The van der Waals surface area contributed by atoms with E-state index in [1.807, 2.05) is 12.1 Å². The molecule has 2 N–H and O–H groups in total. The maximum atomic E-state index is 14.4. The molecule has 1 aliphatic rings. The number of benzene rings is 1. The van der Waals surface area contributed by atoms with Crippen LogP contribution in [-0.2, 0) is 0 Å². The van der Waals surface area contributed by atoms with Crippen molar-refractivity contribution in [1.29, 1.82) is 0 Å². The Balaban J connectivity index is 2.28. The fourth-order valence-corrected chi connectivity index (χ4v) is 3.20. The number of alkyl halides is 2. The lowest BCUT2D eigenvalue weighted by atomic mass is 9.98. The van der Waals surface area contributed by atoms with E-state index in [9.17, 15) is 13.9 Å². The lowest BCUT2D eigenvalue weighted by molar-refractivity contribution is -0.118. The molecule has 0 spiro atoms. The predicted molar refractivity (Wildman–Crippen MR) is 89.2 cm³/mol. The first-order valence-corrected chi connectivity index (χ1v) is 8.31. The van der Waals surface area contributed by atoms with E-state index in [0.29, 0.717) is 31.7 Å². The Morgan fingerprint density at radius 1 is 1.17 bits per heavy atom. The van der Waals surface area contributed by atoms with Crippen LogP contribution in [0.1, 0.15) is 25.5 Å². The molecule has 1 aliphatic heterocycles. The SMILES string of the molecule is CCN(CC)c1ccc([C@H](N2CCNCC2)C(F)(F)CO)cc1. The van der Waals surface area contributed by atoms with Gasteiger partial charge in [0.05, 0.1) is 0 Å². The summed E-state index contributed by atoms with van der Waals surface area (Å²) in [6.45, 7) is 7.25. The van der Waals surface area contributed by atoms with Crippen molar-refractivity contribution in [3.05, 3.63) is 29.8 Å². The Morgan fingerprint density at radius 3 is 2.22 bits per heavy atom. The van der Waals surface area contributed by atoms with Crippen LogP contribution >= 0.6 is 0 Å². The summed E-state index contributed by atoms with van der Waals surface area (Å²) < 4.78 is 28.7. The van der Waals surface area contributed by atoms with Gasteiger partial charge in [-0.25, -0.2) is 8.78 Å². The normalized spacial score (nSPS) is 18.0. The number of nitrogens with zero attached hydrogens (tertiary/aromatic N) is 2. The smallest absolute Gasteiger partial charge is 0.289 e. The summed E-state index contributed by atoms with van der Waals surface area (Å²) in [5.41, 5.74) is 1.59. The number of nitrogens with one attached hydrogen (secondary N) is 1. The number of rotatable bonds is 7. The largest absolute Gasteiger partial charge is 0.390 e. The summed E-state index contributed by atoms with van der Waals surface area (Å²) >= 11 is 0. The Kier molecular flexibility index (Phi) is 6.33. The zero-order valence-corrected chi connectivity index (χ0v) is 13.9. The van der Waals surface area contributed by atoms with E-state index in [1.54, 1.807) is 17.0 Å². The molecule has 0 bridgehead atoms. The van der Waals surface area contributed by atoms with Crippen LogP contribution in [0.3, 0.4) is 0 Å². The molecular weight excluding hydrogens is 300 g/mol. The third kappa shape index (κ3) is 4.19. The topological polar surface area (TPSA) is 38.7 Å². The van der Waals surface area contributed by atoms with Crippen LogP contribution in [-0.4, -0.2) is 61.8 Å². The molecule has 1 heterocycles. The third-order valence-corrected chi connectivity index (χ3v) is 4.47. The molecule has 0 aliphatic carbocycles. The molecule has 6 heteroatoms. The Labute approximate surface area is 137 Å². The number of aliphatic hydroxyl groups excluding tert-OH is 1. The lowest BCUT2D eigenvalue weighted by Crippen LogP contribution is -2.51. The van der Waals surface area contributed by atoms with E-state index >= 15 is 0 Å². The van der Waals surface area contributed by atoms with Gasteiger partial charge >= 0.3 is 0 Å². The van der Waals surface area contributed by atoms with E-state index in [0.717, 1.165) is 18.8 Å². The molecule has 0 unspecified atom stereocenters. The van der Waals surface area contributed by atoms with Crippen molar-refractivity contribution in [1.82, 2.24) is 10.2 Å². The molecule has 2 rings (SSSR count). The number of aliphatic hydroxyl groups is 1. The maximum Gasteiger partial charge on any atom is 0.289 e. The Morgan fingerprint density at radius 2 is 1.74 bits per heavy atom. The van der Waals surface area contributed by atoms with Gasteiger partial charge in [-0.15, -0.1) is 0 Å². The maximum absolute atomic E-state index is 14.4. The standard InChI is InChI=1S/C17H27F2N3O/c1-3-21(4-2)15-7-5-14(6-8-15)16(17(18,19)13-23)22-11-9-20-10-12-22/h5-8,16,20,23H,3-4,9-13H2,1-2H3/t16-/m0/s1. The summed E-state index contributed by atoms with van der Waals surface area (Å²) in [5.74, 6) is -3.16. The Bertz CT molecular complexity index is 471. The second kappa shape index (κ2) is 8.04. The van der Waals surface area contributed by atoms with E-state index in [1.165, 1.54) is 0 Å². The van der Waals surface area contributed by atoms with Gasteiger partial charge in [-0.1, -0.05) is 12.1 Å². The van der Waals surface area contributed by atoms with Gasteiger partial charge in [0.2, 0.25) is 0 Å². The van der Waals surface area contributed by atoms with Gasteiger partial charge in [-0.05, 0) is 31.5 Å². The van der Waals surface area contributed by atoms with Gasteiger partial charge in [0.25, 0.3) is 5.92 Å². The molecule has 1 atom stereocenters. The number of halogens is 2. The highest BCUT2D eigenvalue weighted by atomic mass is 19.3. The van der Waals surface area contributed by atoms with Crippen molar-refractivity contribution >= 4 is 5.69 Å². The predicted octanol–water partition coefficient (Wildman–Crippen LogP) is 2.11. The second-order valence-corrected chi connectivity index (χ2v) is 5.87. The molecule has 1 fully saturated rings. The molecule has 0 amide bonds. The highest BCUT2D eigenvalue weighted by molar-refractivity contribution is 5.48. The minimum absolute atomic E-state index is 0.554. The number of piperazine rings is 1. The summed E-state index contributed by atoms with van der Waals surface area (Å²) in [6.07, 6.45) is 0. The number of hydrogen-bond acceptors (Lipinski definition) is 4. The van der Waals surface area contributed by atoms with Gasteiger partial charge in [0.15, 0.2) is 0 Å². The molecule has 130 valence electrons. The van der Waals surface area contributed by atoms with Crippen LogP contribution in [0.5, 0.6) is 0 Å². The van der Waals surface area contributed by atoms with Crippen LogP contribution in [0.2, 0.25) is 0 Å². The highest BCUT2D eigenvalue weighted by Gasteiger charge is 2.43. The van der Waals surface area contributed by atoms with Crippen molar-refractivity contribution in [2.24, 2.45) is 0 Å². The average molecular weight is 327 g/mol. The zero-order valence-electron chi connectivity index (χ0n) is 13.9. The minimum atomic E-state index is -3.16. The van der Waals surface area contributed by atoms with Crippen molar-refractivity contribution in [3.63, 3.8) is 0 Å². The van der Waals surface area contributed by atoms with E-state index in [2.05, 4.69) is 24.1 Å². The van der Waals surface area contributed by atoms with E-state index < -0.39 is 18.6 Å². The first-order valence-electron chi connectivity index (χ1n) is 8.31. The van der Waals surface area contributed by atoms with Crippen LogP contribution in [0.15, 0.2) is 24.3 Å². The van der Waals surface area contributed by atoms with Crippen LogP contribution < -0.4 is 10.2 Å². The monoisotopic (exact) mass is 327 g/mol. The first kappa shape index (κ1) is 18.1. The van der Waals surface area contributed by atoms with Crippen molar-refractivity contribution < 1.29 is 13.9 Å². The average Bonchev–Trinajstić information content (AvgIpc) is 2.58. The second-order valence-electron chi connectivity index (χ2n) is 5.87. The molecule has 1 saturated heterocycles. The third-order valence-electron chi connectivity index (χ3n) is 4.47. The quantitative estimate of drug-likeness (QED) is 0.804. The number of anilines is 1. The Hall–Kier alpha value is -1.24. The van der Waals surface area contributed by atoms with Crippen LogP contribution in [0.4, 0.5) is 14.5 Å². The van der Waals surface area contributed by atoms with Crippen LogP contribution in [0, 0.1) is 0 Å². The summed E-state index contributed by atoms with van der Waals surface area (Å²) in [4.78, 5) is 3.94. The molecule has 0 saturated carbocycles. The zero-order chi connectivity index (χ0) is 16.9. The number of hydrogen-bond donors (Lipinski definition) is 2. The van der Waals surface area contributed by atoms with Crippen molar-refractivity contribution in [2.45, 2.75) is 25.8 Å².